The molecule has 8 heteroatoms. The predicted octanol–water partition coefficient (Wildman–Crippen LogP) is 2.92. The molecule has 1 N–H and O–H groups in total. The van der Waals surface area contributed by atoms with Crippen molar-refractivity contribution >= 4 is 27.0 Å². The van der Waals surface area contributed by atoms with E-state index < -0.39 is 16.0 Å². The van der Waals surface area contributed by atoms with Crippen molar-refractivity contribution in [2.75, 3.05) is 20.2 Å². The molecule has 0 atom stereocenters. The van der Waals surface area contributed by atoms with Crippen molar-refractivity contribution in [2.24, 2.45) is 0 Å². The first-order valence-corrected chi connectivity index (χ1v) is 10.6. The smallest absolute Gasteiger partial charge is 0.337 e. The topological polar surface area (TPSA) is 92.4 Å². The Kier molecular flexibility index (Phi) is 4.91. The number of carbonyl (C=O) groups is 1. The highest BCUT2D eigenvalue weighted by Gasteiger charge is 2.31. The SMILES string of the molecule is COC(=O)c1cccc(S(=O)(=O)N2CCC(c3nc4ccccc4[nH]3)CC2)c1. The molecule has 0 spiro atoms. The normalized spacial score (nSPS) is 16.3. The summed E-state index contributed by atoms with van der Waals surface area (Å²) in [4.78, 5) is 19.8. The van der Waals surface area contributed by atoms with Crippen LogP contribution in [0.25, 0.3) is 11.0 Å². The van der Waals surface area contributed by atoms with Crippen molar-refractivity contribution in [3.05, 3.63) is 59.9 Å². The average molecular weight is 399 g/mol. The Morgan fingerprint density at radius 1 is 1.14 bits per heavy atom. The quantitative estimate of drug-likeness (QED) is 0.681. The maximum absolute atomic E-state index is 13.0. The fourth-order valence-electron chi connectivity index (χ4n) is 3.59. The minimum Gasteiger partial charge on any atom is -0.465 e. The molecule has 1 fully saturated rings. The summed E-state index contributed by atoms with van der Waals surface area (Å²) in [6.45, 7) is 0.818. The predicted molar refractivity (Wildman–Crippen MR) is 105 cm³/mol. The first-order valence-electron chi connectivity index (χ1n) is 9.12. The number of nitrogens with zero attached hydrogens (tertiary/aromatic N) is 2. The molecule has 146 valence electrons. The van der Waals surface area contributed by atoms with Gasteiger partial charge in [0.1, 0.15) is 5.82 Å². The lowest BCUT2D eigenvalue weighted by Gasteiger charge is -2.30. The van der Waals surface area contributed by atoms with Gasteiger partial charge in [0.05, 0.1) is 28.6 Å². The first-order chi connectivity index (χ1) is 13.5. The van der Waals surface area contributed by atoms with E-state index in [9.17, 15) is 13.2 Å². The molecule has 0 aliphatic carbocycles. The van der Waals surface area contributed by atoms with Crippen molar-refractivity contribution in [2.45, 2.75) is 23.7 Å². The van der Waals surface area contributed by atoms with Crippen molar-refractivity contribution in [3.63, 3.8) is 0 Å². The van der Waals surface area contributed by atoms with Crippen LogP contribution in [0.5, 0.6) is 0 Å². The highest BCUT2D eigenvalue weighted by atomic mass is 32.2. The van der Waals surface area contributed by atoms with Gasteiger partial charge in [0.25, 0.3) is 0 Å². The van der Waals surface area contributed by atoms with Crippen LogP contribution in [-0.2, 0) is 14.8 Å². The summed E-state index contributed by atoms with van der Waals surface area (Å²) in [5.74, 6) is 0.548. The lowest BCUT2D eigenvalue weighted by atomic mass is 9.97. The van der Waals surface area contributed by atoms with Gasteiger partial charge in [-0.25, -0.2) is 18.2 Å². The number of ether oxygens (including phenoxy) is 1. The maximum Gasteiger partial charge on any atom is 0.337 e. The highest BCUT2D eigenvalue weighted by Crippen LogP contribution is 2.30. The van der Waals surface area contributed by atoms with Crippen molar-refractivity contribution in [3.8, 4) is 0 Å². The standard InChI is InChI=1S/C20H21N3O4S/c1-27-20(24)15-5-4-6-16(13-15)28(25,26)23-11-9-14(10-12-23)19-21-17-7-2-3-8-18(17)22-19/h2-8,13-14H,9-12H2,1H3,(H,21,22). The number of aromatic amines is 1. The summed E-state index contributed by atoms with van der Waals surface area (Å²) in [5.41, 5.74) is 2.14. The van der Waals surface area contributed by atoms with Gasteiger partial charge in [0.15, 0.2) is 0 Å². The molecule has 3 aromatic rings. The molecule has 2 aromatic carbocycles. The molecule has 28 heavy (non-hydrogen) atoms. The van der Waals surface area contributed by atoms with E-state index in [1.807, 2.05) is 24.3 Å². The van der Waals surface area contributed by atoms with Crippen LogP contribution in [0, 0.1) is 0 Å². The van der Waals surface area contributed by atoms with Crippen LogP contribution in [0.1, 0.15) is 34.9 Å². The Hall–Kier alpha value is -2.71. The Morgan fingerprint density at radius 3 is 2.61 bits per heavy atom. The third kappa shape index (κ3) is 3.41. The largest absolute Gasteiger partial charge is 0.465 e. The molecule has 2 heterocycles. The molecular formula is C20H21N3O4S. The number of piperidine rings is 1. The first kappa shape index (κ1) is 18.6. The van der Waals surface area contributed by atoms with E-state index in [4.69, 9.17) is 0 Å². The van der Waals surface area contributed by atoms with Crippen LogP contribution >= 0.6 is 0 Å². The third-order valence-electron chi connectivity index (χ3n) is 5.14. The van der Waals surface area contributed by atoms with Crippen LogP contribution in [0.15, 0.2) is 53.4 Å². The summed E-state index contributed by atoms with van der Waals surface area (Å²) >= 11 is 0. The molecular weight excluding hydrogens is 378 g/mol. The molecule has 0 amide bonds. The van der Waals surface area contributed by atoms with Crippen LogP contribution in [0.4, 0.5) is 0 Å². The van der Waals surface area contributed by atoms with Gasteiger partial charge in [-0.2, -0.15) is 4.31 Å². The molecule has 0 bridgehead atoms. The Morgan fingerprint density at radius 2 is 1.89 bits per heavy atom. The van der Waals surface area contributed by atoms with E-state index in [0.29, 0.717) is 25.9 Å². The average Bonchev–Trinajstić information content (AvgIpc) is 3.17. The summed E-state index contributed by atoms with van der Waals surface area (Å²) < 4.78 is 32.1. The summed E-state index contributed by atoms with van der Waals surface area (Å²) in [5, 5.41) is 0. The molecule has 4 rings (SSSR count). The van der Waals surface area contributed by atoms with Crippen molar-refractivity contribution in [1.29, 1.82) is 0 Å². The molecule has 1 saturated heterocycles. The van der Waals surface area contributed by atoms with E-state index in [-0.39, 0.29) is 16.4 Å². The molecule has 0 radical (unpaired) electrons. The number of carbonyl (C=O) groups excluding carboxylic acids is 1. The van der Waals surface area contributed by atoms with Gasteiger partial charge >= 0.3 is 5.97 Å². The number of methoxy groups -OCH3 is 1. The van der Waals surface area contributed by atoms with Gasteiger partial charge in [-0.15, -0.1) is 0 Å². The van der Waals surface area contributed by atoms with E-state index in [1.54, 1.807) is 12.1 Å². The zero-order valence-electron chi connectivity index (χ0n) is 15.5. The minimum atomic E-state index is -3.66. The summed E-state index contributed by atoms with van der Waals surface area (Å²) in [6, 6.07) is 13.8. The summed E-state index contributed by atoms with van der Waals surface area (Å²) in [6.07, 6.45) is 1.38. The lowest BCUT2D eigenvalue weighted by Crippen LogP contribution is -2.38. The number of benzene rings is 2. The van der Waals surface area contributed by atoms with Crippen LogP contribution < -0.4 is 0 Å². The Balaban J connectivity index is 1.50. The second kappa shape index (κ2) is 7.37. The number of imidazole rings is 1. The third-order valence-corrected chi connectivity index (χ3v) is 7.04. The number of sulfonamides is 1. The lowest BCUT2D eigenvalue weighted by molar-refractivity contribution is 0.0600. The van der Waals surface area contributed by atoms with Crippen LogP contribution in [-0.4, -0.2) is 48.9 Å². The highest BCUT2D eigenvalue weighted by molar-refractivity contribution is 7.89. The Bertz CT molecular complexity index is 1080. The van der Waals surface area contributed by atoms with Crippen LogP contribution in [0.3, 0.4) is 0 Å². The van der Waals surface area contributed by atoms with Gasteiger partial charge in [-0.05, 0) is 43.2 Å². The van der Waals surface area contributed by atoms with E-state index in [2.05, 4.69) is 14.7 Å². The van der Waals surface area contributed by atoms with Crippen molar-refractivity contribution < 1.29 is 17.9 Å². The summed E-state index contributed by atoms with van der Waals surface area (Å²) in [7, 11) is -2.39. The number of aromatic nitrogens is 2. The number of rotatable bonds is 4. The monoisotopic (exact) mass is 399 g/mol. The van der Waals surface area contributed by atoms with E-state index in [1.165, 1.54) is 23.5 Å². The second-order valence-electron chi connectivity index (χ2n) is 6.84. The zero-order chi connectivity index (χ0) is 19.7. The number of H-pyrrole nitrogens is 1. The number of hydrogen-bond donors (Lipinski definition) is 1. The number of fused-ring (bicyclic) bond motifs is 1. The molecule has 1 aliphatic heterocycles. The number of para-hydroxylation sites is 2. The number of esters is 1. The number of nitrogens with one attached hydrogen (secondary N) is 1. The van der Waals surface area contributed by atoms with Gasteiger partial charge in [0, 0.05) is 19.0 Å². The van der Waals surface area contributed by atoms with Gasteiger partial charge < -0.3 is 9.72 Å². The fourth-order valence-corrected chi connectivity index (χ4v) is 5.10. The van der Waals surface area contributed by atoms with Crippen LogP contribution in [0.2, 0.25) is 0 Å². The molecule has 0 saturated carbocycles. The zero-order valence-corrected chi connectivity index (χ0v) is 16.3. The molecule has 0 unspecified atom stereocenters. The minimum absolute atomic E-state index is 0.109. The second-order valence-corrected chi connectivity index (χ2v) is 8.77. The van der Waals surface area contributed by atoms with Gasteiger partial charge in [-0.1, -0.05) is 18.2 Å². The molecule has 7 nitrogen and oxygen atoms in total. The maximum atomic E-state index is 13.0. The van der Waals surface area contributed by atoms with E-state index >= 15 is 0 Å². The fraction of sp³-hybridized carbons (Fsp3) is 0.300. The van der Waals surface area contributed by atoms with E-state index in [0.717, 1.165) is 16.9 Å². The molecule has 1 aromatic heterocycles. The molecule has 1 aliphatic rings. The van der Waals surface area contributed by atoms with Crippen molar-refractivity contribution in [1.82, 2.24) is 14.3 Å². The van der Waals surface area contributed by atoms with Gasteiger partial charge in [-0.3, -0.25) is 0 Å². The van der Waals surface area contributed by atoms with Gasteiger partial charge in [0.2, 0.25) is 10.0 Å². The Labute approximate surface area is 163 Å². The number of hydrogen-bond acceptors (Lipinski definition) is 5.